The van der Waals surface area contributed by atoms with E-state index in [1.807, 2.05) is 0 Å². The molecule has 0 aliphatic heterocycles. The Morgan fingerprint density at radius 2 is 1.70 bits per heavy atom. The number of nitrogens with one attached hydrogen (secondary N) is 2. The number of amides is 2. The van der Waals surface area contributed by atoms with E-state index in [1.54, 1.807) is 0 Å². The largest absolute Gasteiger partial charge is 0.443 e. The second kappa shape index (κ2) is 7.70. The molecule has 1 heterocycles. The van der Waals surface area contributed by atoms with Crippen LogP contribution in [0.5, 0.6) is 0 Å². The first-order chi connectivity index (χ1) is 14.4. The van der Waals surface area contributed by atoms with Crippen LogP contribution in [0.1, 0.15) is 15.9 Å². The van der Waals surface area contributed by atoms with Crippen LogP contribution in [0.15, 0.2) is 65.4 Å². The summed E-state index contributed by atoms with van der Waals surface area (Å²) in [4.78, 5) is 28.7. The van der Waals surface area contributed by atoms with Crippen LogP contribution >= 0.6 is 0 Å². The van der Waals surface area contributed by atoms with Crippen LogP contribution < -0.4 is 10.6 Å². The zero-order valence-electron chi connectivity index (χ0n) is 15.1. The molecule has 0 radical (unpaired) electrons. The smallest absolute Gasteiger partial charge is 0.323 e. The Kier molecular flexibility index (Phi) is 4.93. The van der Waals surface area contributed by atoms with E-state index in [0.29, 0.717) is 11.1 Å². The van der Waals surface area contributed by atoms with Gasteiger partial charge in [0.1, 0.15) is 11.3 Å². The summed E-state index contributed by atoms with van der Waals surface area (Å²) in [6.45, 7) is 0. The quantitative estimate of drug-likeness (QED) is 0.457. The fraction of sp³-hybridized carbons (Fsp3) is 0. The molecule has 30 heavy (non-hydrogen) atoms. The molecule has 2 amide bonds. The highest BCUT2D eigenvalue weighted by molar-refractivity contribution is 6.11. The van der Waals surface area contributed by atoms with Crippen molar-refractivity contribution in [3.8, 4) is 0 Å². The molecule has 0 saturated carbocycles. The lowest BCUT2D eigenvalue weighted by molar-refractivity contribution is 0.103. The number of hydrogen-bond donors (Lipinski definition) is 2. The molecular formula is C21H12F3N3O3. The number of oxazole rings is 1. The highest BCUT2D eigenvalue weighted by atomic mass is 19.2. The van der Waals surface area contributed by atoms with E-state index in [-0.39, 0.29) is 16.9 Å². The van der Waals surface area contributed by atoms with Crippen LogP contribution in [0.4, 0.5) is 29.3 Å². The Hall–Kier alpha value is -4.14. The predicted octanol–water partition coefficient (Wildman–Crippen LogP) is 5.12. The summed E-state index contributed by atoms with van der Waals surface area (Å²) in [6, 6.07) is 10.3. The molecule has 0 spiro atoms. The molecule has 6 nitrogen and oxygen atoms in total. The van der Waals surface area contributed by atoms with Crippen molar-refractivity contribution in [1.82, 2.24) is 4.98 Å². The number of hydrogen-bond acceptors (Lipinski definition) is 4. The molecule has 0 atom stereocenters. The minimum absolute atomic E-state index is 0.0545. The van der Waals surface area contributed by atoms with Crippen molar-refractivity contribution in [1.29, 1.82) is 0 Å². The van der Waals surface area contributed by atoms with Crippen molar-refractivity contribution in [3.05, 3.63) is 89.6 Å². The summed E-state index contributed by atoms with van der Waals surface area (Å²) in [5.74, 6) is -4.03. The normalized spacial score (nSPS) is 10.8. The standard InChI is InChI=1S/C21H12F3N3O3/c22-12-2-1-3-13(7-12)26-21(29)27-14-8-15(19(24)16(23)9-14)20(28)11-4-5-17-18(6-11)30-10-25-17/h1-10H,(H2,26,27,29). The number of benzene rings is 3. The minimum Gasteiger partial charge on any atom is -0.443 e. The number of fused-ring (bicyclic) bond motifs is 1. The van der Waals surface area contributed by atoms with E-state index in [9.17, 15) is 22.8 Å². The molecule has 0 aliphatic rings. The number of urea groups is 1. The highest BCUT2D eigenvalue weighted by Crippen LogP contribution is 2.24. The van der Waals surface area contributed by atoms with Crippen molar-refractivity contribution in [3.63, 3.8) is 0 Å². The van der Waals surface area contributed by atoms with Crippen LogP contribution in [0, 0.1) is 17.5 Å². The van der Waals surface area contributed by atoms with Gasteiger partial charge >= 0.3 is 6.03 Å². The lowest BCUT2D eigenvalue weighted by atomic mass is 10.0. The van der Waals surface area contributed by atoms with Crippen LogP contribution in [0.2, 0.25) is 0 Å². The Morgan fingerprint density at radius 1 is 0.900 bits per heavy atom. The molecule has 0 saturated heterocycles. The van der Waals surface area contributed by atoms with E-state index < -0.39 is 34.8 Å². The van der Waals surface area contributed by atoms with Gasteiger partial charge in [-0.15, -0.1) is 0 Å². The molecule has 0 fully saturated rings. The Labute approximate surface area is 167 Å². The second-order valence-electron chi connectivity index (χ2n) is 6.27. The van der Waals surface area contributed by atoms with Crippen molar-refractivity contribution < 1.29 is 27.2 Å². The third-order valence-corrected chi connectivity index (χ3v) is 4.21. The van der Waals surface area contributed by atoms with E-state index >= 15 is 0 Å². The average Bonchev–Trinajstić information content (AvgIpc) is 3.18. The number of anilines is 2. The molecule has 0 aliphatic carbocycles. The summed E-state index contributed by atoms with van der Waals surface area (Å²) in [6.07, 6.45) is 1.20. The van der Waals surface area contributed by atoms with Gasteiger partial charge < -0.3 is 15.1 Å². The topological polar surface area (TPSA) is 84.2 Å². The van der Waals surface area contributed by atoms with Crippen LogP contribution in [-0.4, -0.2) is 16.8 Å². The summed E-state index contributed by atoms with van der Waals surface area (Å²) < 4.78 is 46.7. The van der Waals surface area contributed by atoms with Crippen molar-refractivity contribution >= 4 is 34.3 Å². The van der Waals surface area contributed by atoms with Gasteiger partial charge in [-0.25, -0.2) is 22.9 Å². The van der Waals surface area contributed by atoms with E-state index in [1.165, 1.54) is 42.8 Å². The SMILES string of the molecule is O=C(Nc1cccc(F)c1)Nc1cc(F)c(F)c(C(=O)c2ccc3ncoc3c2)c1. The molecule has 1 aromatic heterocycles. The van der Waals surface area contributed by atoms with Gasteiger partial charge in [0.05, 0.1) is 5.56 Å². The molecule has 9 heteroatoms. The van der Waals surface area contributed by atoms with Crippen molar-refractivity contribution in [2.45, 2.75) is 0 Å². The summed E-state index contributed by atoms with van der Waals surface area (Å²) >= 11 is 0. The number of rotatable bonds is 4. The van der Waals surface area contributed by atoms with E-state index in [4.69, 9.17) is 4.42 Å². The molecule has 4 rings (SSSR count). The molecule has 2 N–H and O–H groups in total. The summed E-state index contributed by atoms with van der Waals surface area (Å²) in [7, 11) is 0. The first kappa shape index (κ1) is 19.2. The molecule has 0 unspecified atom stereocenters. The zero-order chi connectivity index (χ0) is 21.3. The Morgan fingerprint density at radius 3 is 2.50 bits per heavy atom. The monoisotopic (exact) mass is 411 g/mol. The number of aromatic nitrogens is 1. The summed E-state index contributed by atoms with van der Waals surface area (Å²) in [5, 5.41) is 4.64. The van der Waals surface area contributed by atoms with E-state index in [2.05, 4.69) is 15.6 Å². The number of carbonyl (C=O) groups excluding carboxylic acids is 2. The van der Waals surface area contributed by atoms with Gasteiger partial charge in [-0.3, -0.25) is 4.79 Å². The zero-order valence-corrected chi connectivity index (χ0v) is 15.1. The maximum Gasteiger partial charge on any atom is 0.323 e. The predicted molar refractivity (Wildman–Crippen MR) is 103 cm³/mol. The van der Waals surface area contributed by atoms with Crippen LogP contribution in [-0.2, 0) is 0 Å². The third-order valence-electron chi connectivity index (χ3n) is 4.21. The first-order valence-electron chi connectivity index (χ1n) is 8.61. The van der Waals surface area contributed by atoms with Crippen LogP contribution in [0.3, 0.4) is 0 Å². The van der Waals surface area contributed by atoms with Gasteiger partial charge in [-0.05, 0) is 42.5 Å². The third kappa shape index (κ3) is 3.86. The lowest BCUT2D eigenvalue weighted by Gasteiger charge is -2.10. The van der Waals surface area contributed by atoms with Gasteiger partial charge in [-0.2, -0.15) is 0 Å². The summed E-state index contributed by atoms with van der Waals surface area (Å²) in [5.41, 5.74) is 0.292. The van der Waals surface area contributed by atoms with Crippen molar-refractivity contribution in [2.24, 2.45) is 0 Å². The average molecular weight is 411 g/mol. The number of nitrogens with zero attached hydrogens (tertiary/aromatic N) is 1. The van der Waals surface area contributed by atoms with Crippen LogP contribution in [0.25, 0.3) is 11.1 Å². The fourth-order valence-electron chi connectivity index (χ4n) is 2.84. The highest BCUT2D eigenvalue weighted by Gasteiger charge is 2.20. The second-order valence-corrected chi connectivity index (χ2v) is 6.27. The van der Waals surface area contributed by atoms with Gasteiger partial charge in [0.2, 0.25) is 0 Å². The minimum atomic E-state index is -1.35. The first-order valence-corrected chi connectivity index (χ1v) is 8.61. The maximum absolute atomic E-state index is 14.3. The maximum atomic E-state index is 14.3. The van der Waals surface area contributed by atoms with Gasteiger partial charge in [0.15, 0.2) is 29.4 Å². The number of ketones is 1. The van der Waals surface area contributed by atoms with Gasteiger partial charge in [0.25, 0.3) is 0 Å². The number of halogens is 3. The van der Waals surface area contributed by atoms with Gasteiger partial charge in [-0.1, -0.05) is 6.07 Å². The van der Waals surface area contributed by atoms with E-state index in [0.717, 1.165) is 18.2 Å². The van der Waals surface area contributed by atoms with Gasteiger partial charge in [0, 0.05) is 23.0 Å². The number of carbonyl (C=O) groups is 2. The van der Waals surface area contributed by atoms with Crippen molar-refractivity contribution in [2.75, 3.05) is 10.6 Å². The molecule has 4 aromatic rings. The Balaban J connectivity index is 1.60. The molecular weight excluding hydrogens is 399 g/mol. The molecule has 150 valence electrons. The molecule has 3 aromatic carbocycles. The lowest BCUT2D eigenvalue weighted by Crippen LogP contribution is -2.20. The fourth-order valence-corrected chi connectivity index (χ4v) is 2.84. The Bertz CT molecular complexity index is 1290. The molecule has 0 bridgehead atoms.